The Hall–Kier alpha value is -2.37. The maximum Gasteiger partial charge on any atom is 0.239 e. The molecule has 5 nitrogen and oxygen atoms in total. The van der Waals surface area contributed by atoms with E-state index in [1.165, 1.54) is 12.7 Å². The molecule has 2 atom stereocenters. The predicted octanol–water partition coefficient (Wildman–Crippen LogP) is 2.72. The zero-order valence-electron chi connectivity index (χ0n) is 15.0. The lowest BCUT2D eigenvalue weighted by molar-refractivity contribution is -0.124. The van der Waals surface area contributed by atoms with E-state index < -0.39 is 6.04 Å². The van der Waals surface area contributed by atoms with E-state index in [-0.39, 0.29) is 18.6 Å². The first-order valence-corrected chi connectivity index (χ1v) is 8.33. The molecule has 3 N–H and O–H groups in total. The number of benzene rings is 2. The van der Waals surface area contributed by atoms with E-state index in [0.29, 0.717) is 6.61 Å². The average molecular weight is 342 g/mol. The summed E-state index contributed by atoms with van der Waals surface area (Å²) in [6, 6.07) is 15.1. The van der Waals surface area contributed by atoms with Gasteiger partial charge in [-0.1, -0.05) is 42.0 Å². The Morgan fingerprint density at radius 1 is 1.20 bits per heavy atom. The number of carbonyl (C=O) groups excluding carboxylic acids is 1. The van der Waals surface area contributed by atoms with Crippen LogP contribution in [-0.2, 0) is 16.1 Å². The number of methoxy groups -OCH3 is 1. The molecule has 0 aliphatic rings. The molecule has 0 fully saturated rings. The summed E-state index contributed by atoms with van der Waals surface area (Å²) in [6.45, 7) is 4.70. The molecule has 0 saturated heterocycles. The second kappa shape index (κ2) is 9.20. The van der Waals surface area contributed by atoms with Gasteiger partial charge in [0.05, 0.1) is 12.6 Å². The van der Waals surface area contributed by atoms with Crippen LogP contribution in [0.2, 0.25) is 0 Å². The fourth-order valence-electron chi connectivity index (χ4n) is 2.48. The van der Waals surface area contributed by atoms with Crippen LogP contribution < -0.4 is 15.8 Å². The fraction of sp³-hybridized carbons (Fsp3) is 0.350. The Bertz CT molecular complexity index is 686. The molecule has 0 aliphatic carbocycles. The Labute approximate surface area is 149 Å². The highest BCUT2D eigenvalue weighted by atomic mass is 16.5. The largest absolute Gasteiger partial charge is 0.489 e. The lowest BCUT2D eigenvalue weighted by Gasteiger charge is -2.18. The molecule has 25 heavy (non-hydrogen) atoms. The zero-order chi connectivity index (χ0) is 18.2. The van der Waals surface area contributed by atoms with Crippen molar-refractivity contribution in [2.75, 3.05) is 13.7 Å². The van der Waals surface area contributed by atoms with Crippen LogP contribution >= 0.6 is 0 Å². The summed E-state index contributed by atoms with van der Waals surface area (Å²) in [6.07, 6.45) is 0. The summed E-state index contributed by atoms with van der Waals surface area (Å²) in [5.74, 6) is 0.564. The first-order chi connectivity index (χ1) is 12.0. The lowest BCUT2D eigenvalue weighted by atomic mass is 10.1. The Morgan fingerprint density at radius 3 is 2.56 bits per heavy atom. The Balaban J connectivity index is 1.89. The summed E-state index contributed by atoms with van der Waals surface area (Å²) in [5.41, 5.74) is 9.06. The third-order valence-corrected chi connectivity index (χ3v) is 3.91. The van der Waals surface area contributed by atoms with E-state index >= 15 is 0 Å². The maximum absolute atomic E-state index is 11.9. The van der Waals surface area contributed by atoms with Gasteiger partial charge < -0.3 is 20.5 Å². The van der Waals surface area contributed by atoms with Crippen molar-refractivity contribution < 1.29 is 14.3 Å². The highest BCUT2D eigenvalue weighted by Crippen LogP contribution is 2.19. The third-order valence-electron chi connectivity index (χ3n) is 3.91. The molecule has 2 aromatic rings. The normalized spacial score (nSPS) is 13.1. The third kappa shape index (κ3) is 5.89. The Kier molecular flexibility index (Phi) is 6.98. The standard InChI is InChI=1S/C20H26N2O3/c1-14-5-4-6-16(11-14)12-25-18-9-7-17(8-10-18)15(2)22-20(23)19(21)13-24-3/h4-11,15,19H,12-13,21H2,1-3H3,(H,22,23). The zero-order valence-corrected chi connectivity index (χ0v) is 15.0. The van der Waals surface area contributed by atoms with Crippen molar-refractivity contribution in [2.24, 2.45) is 5.73 Å². The number of hydrogen-bond acceptors (Lipinski definition) is 4. The van der Waals surface area contributed by atoms with Crippen LogP contribution in [0.25, 0.3) is 0 Å². The minimum absolute atomic E-state index is 0.138. The van der Waals surface area contributed by atoms with E-state index in [9.17, 15) is 4.79 Å². The SMILES string of the molecule is COCC(N)C(=O)NC(C)c1ccc(OCc2cccc(C)c2)cc1. The molecular weight excluding hydrogens is 316 g/mol. The van der Waals surface area contributed by atoms with E-state index in [1.54, 1.807) is 0 Å². The highest BCUT2D eigenvalue weighted by Gasteiger charge is 2.16. The first-order valence-electron chi connectivity index (χ1n) is 8.33. The number of hydrogen-bond donors (Lipinski definition) is 2. The van der Waals surface area contributed by atoms with Gasteiger partial charge in [-0.25, -0.2) is 0 Å². The minimum Gasteiger partial charge on any atom is -0.489 e. The number of ether oxygens (including phenoxy) is 2. The van der Waals surface area contributed by atoms with Gasteiger partial charge in [-0.2, -0.15) is 0 Å². The molecule has 0 aromatic heterocycles. The van der Waals surface area contributed by atoms with Crippen LogP contribution in [0, 0.1) is 6.92 Å². The molecule has 0 spiro atoms. The summed E-state index contributed by atoms with van der Waals surface area (Å²) >= 11 is 0. The van der Waals surface area contributed by atoms with Crippen molar-refractivity contribution in [2.45, 2.75) is 32.5 Å². The van der Waals surface area contributed by atoms with Gasteiger partial charge in [0.1, 0.15) is 18.4 Å². The van der Waals surface area contributed by atoms with Crippen molar-refractivity contribution in [1.29, 1.82) is 0 Å². The maximum atomic E-state index is 11.9. The van der Waals surface area contributed by atoms with E-state index in [4.69, 9.17) is 15.2 Å². The van der Waals surface area contributed by atoms with Gasteiger partial charge >= 0.3 is 0 Å². The molecule has 1 amide bonds. The molecule has 2 rings (SSSR count). The van der Waals surface area contributed by atoms with Gasteiger partial charge in [-0.05, 0) is 37.1 Å². The first kappa shape index (κ1) is 19.0. The van der Waals surface area contributed by atoms with Gasteiger partial charge in [0.25, 0.3) is 0 Å². The van der Waals surface area contributed by atoms with Crippen LogP contribution in [0.5, 0.6) is 5.75 Å². The monoisotopic (exact) mass is 342 g/mol. The molecule has 0 bridgehead atoms. The van der Waals surface area contributed by atoms with Crippen molar-refractivity contribution in [1.82, 2.24) is 5.32 Å². The lowest BCUT2D eigenvalue weighted by Crippen LogP contribution is -2.44. The summed E-state index contributed by atoms with van der Waals surface area (Å²) < 4.78 is 10.7. The quantitative estimate of drug-likeness (QED) is 0.774. The molecule has 0 aliphatic heterocycles. The van der Waals surface area contributed by atoms with E-state index in [0.717, 1.165) is 16.9 Å². The fourth-order valence-corrected chi connectivity index (χ4v) is 2.48. The molecule has 134 valence electrons. The number of carbonyl (C=O) groups is 1. The average Bonchev–Trinajstić information content (AvgIpc) is 2.60. The van der Waals surface area contributed by atoms with Gasteiger partial charge in [0.15, 0.2) is 0 Å². The van der Waals surface area contributed by atoms with Crippen molar-refractivity contribution in [3.05, 3.63) is 65.2 Å². The predicted molar refractivity (Wildman–Crippen MR) is 98.4 cm³/mol. The van der Waals surface area contributed by atoms with Crippen LogP contribution in [0.1, 0.15) is 29.7 Å². The van der Waals surface area contributed by atoms with Crippen molar-refractivity contribution in [3.63, 3.8) is 0 Å². The molecular formula is C20H26N2O3. The molecule has 2 unspecified atom stereocenters. The minimum atomic E-state index is -0.663. The highest BCUT2D eigenvalue weighted by molar-refractivity contribution is 5.82. The smallest absolute Gasteiger partial charge is 0.239 e. The van der Waals surface area contributed by atoms with Crippen LogP contribution in [0.4, 0.5) is 0 Å². The summed E-state index contributed by atoms with van der Waals surface area (Å²) in [5, 5.41) is 2.88. The molecule has 2 aromatic carbocycles. The summed E-state index contributed by atoms with van der Waals surface area (Å²) in [4.78, 5) is 11.9. The molecule has 0 saturated carbocycles. The second-order valence-electron chi connectivity index (χ2n) is 6.14. The van der Waals surface area contributed by atoms with Crippen molar-refractivity contribution in [3.8, 4) is 5.75 Å². The Morgan fingerprint density at radius 2 is 1.92 bits per heavy atom. The van der Waals surface area contributed by atoms with Crippen LogP contribution in [0.15, 0.2) is 48.5 Å². The topological polar surface area (TPSA) is 73.6 Å². The molecule has 0 radical (unpaired) electrons. The van der Waals surface area contributed by atoms with E-state index in [1.807, 2.05) is 43.3 Å². The van der Waals surface area contributed by atoms with Gasteiger partial charge in [0.2, 0.25) is 5.91 Å². The van der Waals surface area contributed by atoms with Gasteiger partial charge in [0, 0.05) is 7.11 Å². The number of nitrogens with two attached hydrogens (primary N) is 1. The second-order valence-corrected chi connectivity index (χ2v) is 6.14. The van der Waals surface area contributed by atoms with Crippen LogP contribution in [0.3, 0.4) is 0 Å². The van der Waals surface area contributed by atoms with Crippen molar-refractivity contribution >= 4 is 5.91 Å². The number of aryl methyl sites for hydroxylation is 1. The number of rotatable bonds is 8. The molecule has 0 heterocycles. The van der Waals surface area contributed by atoms with Crippen LogP contribution in [-0.4, -0.2) is 25.7 Å². The number of nitrogens with one attached hydrogen (secondary N) is 1. The van der Waals surface area contributed by atoms with Gasteiger partial charge in [-0.3, -0.25) is 4.79 Å². The van der Waals surface area contributed by atoms with Gasteiger partial charge in [-0.15, -0.1) is 0 Å². The molecule has 5 heteroatoms. The summed E-state index contributed by atoms with van der Waals surface area (Å²) in [7, 11) is 1.52. The number of amides is 1. The van der Waals surface area contributed by atoms with E-state index in [2.05, 4.69) is 24.4 Å².